The van der Waals surface area contributed by atoms with Gasteiger partial charge in [0.1, 0.15) is 0 Å². The van der Waals surface area contributed by atoms with Gasteiger partial charge in [0.25, 0.3) is 0 Å². The number of methoxy groups -OCH3 is 1. The quantitative estimate of drug-likeness (QED) is 0.695. The Morgan fingerprint density at radius 2 is 2.06 bits per heavy atom. The molecule has 0 amide bonds. The van der Waals surface area contributed by atoms with Gasteiger partial charge < -0.3 is 15.6 Å². The lowest BCUT2D eigenvalue weighted by Gasteiger charge is -2.39. The monoisotopic (exact) mass is 230 g/mol. The molecule has 1 heterocycles. The second-order valence-electron chi connectivity index (χ2n) is 4.76. The molecule has 2 unspecified atom stereocenters. The van der Waals surface area contributed by atoms with Crippen LogP contribution in [0.3, 0.4) is 0 Å². The number of aliphatic hydroxyl groups is 1. The maximum absolute atomic E-state index is 9.40. The first-order valence-electron chi connectivity index (χ1n) is 6.32. The summed E-state index contributed by atoms with van der Waals surface area (Å²) in [5.74, 6) is 0.679. The minimum Gasteiger partial charge on any atom is -0.395 e. The zero-order valence-corrected chi connectivity index (χ0v) is 10.6. The van der Waals surface area contributed by atoms with Crippen LogP contribution in [0.2, 0.25) is 0 Å². The van der Waals surface area contributed by atoms with Crippen molar-refractivity contribution in [2.75, 3.05) is 33.4 Å². The number of nitrogens with zero attached hydrogens (tertiary/aromatic N) is 1. The van der Waals surface area contributed by atoms with Crippen LogP contribution < -0.4 is 5.73 Å². The van der Waals surface area contributed by atoms with Gasteiger partial charge in [-0.05, 0) is 38.3 Å². The van der Waals surface area contributed by atoms with E-state index in [-0.39, 0.29) is 18.7 Å². The van der Waals surface area contributed by atoms with E-state index < -0.39 is 0 Å². The summed E-state index contributed by atoms with van der Waals surface area (Å²) in [4.78, 5) is 2.33. The molecule has 1 aliphatic heterocycles. The molecule has 1 fully saturated rings. The van der Waals surface area contributed by atoms with E-state index >= 15 is 0 Å². The zero-order valence-electron chi connectivity index (χ0n) is 10.6. The van der Waals surface area contributed by atoms with E-state index in [2.05, 4.69) is 11.8 Å². The average Bonchev–Trinajstić information content (AvgIpc) is 2.32. The Kier molecular flexibility index (Phi) is 6.28. The molecule has 0 saturated carbocycles. The van der Waals surface area contributed by atoms with E-state index in [4.69, 9.17) is 10.5 Å². The van der Waals surface area contributed by atoms with Crippen molar-refractivity contribution in [2.45, 2.75) is 38.3 Å². The van der Waals surface area contributed by atoms with Gasteiger partial charge in [-0.15, -0.1) is 0 Å². The molecule has 16 heavy (non-hydrogen) atoms. The van der Waals surface area contributed by atoms with E-state index in [0.29, 0.717) is 5.92 Å². The number of rotatable bonds is 6. The van der Waals surface area contributed by atoms with Crippen molar-refractivity contribution in [3.8, 4) is 0 Å². The fourth-order valence-corrected chi connectivity index (χ4v) is 2.48. The molecule has 1 aliphatic rings. The summed E-state index contributed by atoms with van der Waals surface area (Å²) in [6.07, 6.45) is 3.23. The van der Waals surface area contributed by atoms with E-state index in [0.717, 1.165) is 39.0 Å². The minimum atomic E-state index is 0.0870. The third-order valence-electron chi connectivity index (χ3n) is 3.67. The third kappa shape index (κ3) is 3.70. The molecule has 0 spiro atoms. The van der Waals surface area contributed by atoms with Crippen LogP contribution in [0.4, 0.5) is 0 Å². The summed E-state index contributed by atoms with van der Waals surface area (Å²) in [5.41, 5.74) is 6.03. The van der Waals surface area contributed by atoms with Crippen LogP contribution >= 0.6 is 0 Å². The predicted octanol–water partition coefficient (Wildman–Crippen LogP) is 0.443. The summed E-state index contributed by atoms with van der Waals surface area (Å²) in [6, 6.07) is 0.220. The Hall–Kier alpha value is -0.160. The molecule has 1 rings (SSSR count). The summed E-state index contributed by atoms with van der Waals surface area (Å²) in [7, 11) is 1.76. The number of piperidine rings is 1. The van der Waals surface area contributed by atoms with Crippen molar-refractivity contribution in [3.05, 3.63) is 0 Å². The molecule has 0 aliphatic carbocycles. The van der Waals surface area contributed by atoms with Crippen LogP contribution in [0, 0.1) is 5.92 Å². The van der Waals surface area contributed by atoms with Crippen LogP contribution in [0.5, 0.6) is 0 Å². The Bertz CT molecular complexity index is 182. The van der Waals surface area contributed by atoms with Crippen LogP contribution in [0.25, 0.3) is 0 Å². The topological polar surface area (TPSA) is 58.7 Å². The number of aliphatic hydroxyl groups excluding tert-OH is 1. The summed E-state index contributed by atoms with van der Waals surface area (Å²) >= 11 is 0. The van der Waals surface area contributed by atoms with Gasteiger partial charge >= 0.3 is 0 Å². The summed E-state index contributed by atoms with van der Waals surface area (Å²) in [5, 5.41) is 9.40. The third-order valence-corrected chi connectivity index (χ3v) is 3.67. The molecular formula is C12H26N2O2. The Morgan fingerprint density at radius 3 is 2.50 bits per heavy atom. The fraction of sp³-hybridized carbons (Fsp3) is 1.00. The van der Waals surface area contributed by atoms with Gasteiger partial charge in [0.2, 0.25) is 0 Å². The van der Waals surface area contributed by atoms with Gasteiger partial charge in [-0.25, -0.2) is 0 Å². The van der Waals surface area contributed by atoms with Gasteiger partial charge in [-0.2, -0.15) is 0 Å². The van der Waals surface area contributed by atoms with E-state index in [9.17, 15) is 5.11 Å². The first kappa shape index (κ1) is 13.9. The molecule has 96 valence electrons. The predicted molar refractivity (Wildman–Crippen MR) is 65.3 cm³/mol. The lowest BCUT2D eigenvalue weighted by Crippen LogP contribution is -2.52. The largest absolute Gasteiger partial charge is 0.395 e. The van der Waals surface area contributed by atoms with Crippen molar-refractivity contribution in [1.29, 1.82) is 0 Å². The smallest absolute Gasteiger partial charge is 0.0601 e. The number of hydrogen-bond donors (Lipinski definition) is 2. The minimum absolute atomic E-state index is 0.0870. The zero-order chi connectivity index (χ0) is 12.0. The molecule has 0 aromatic carbocycles. The van der Waals surface area contributed by atoms with Crippen molar-refractivity contribution < 1.29 is 9.84 Å². The molecular weight excluding hydrogens is 204 g/mol. The highest BCUT2D eigenvalue weighted by Gasteiger charge is 2.27. The molecule has 0 aromatic heterocycles. The second-order valence-corrected chi connectivity index (χ2v) is 4.76. The van der Waals surface area contributed by atoms with E-state index in [1.165, 1.54) is 0 Å². The molecule has 3 N–H and O–H groups in total. The lowest BCUT2D eigenvalue weighted by molar-refractivity contribution is 0.0485. The van der Waals surface area contributed by atoms with Gasteiger partial charge in [-0.1, -0.05) is 6.92 Å². The van der Waals surface area contributed by atoms with Crippen molar-refractivity contribution in [3.63, 3.8) is 0 Å². The maximum Gasteiger partial charge on any atom is 0.0601 e. The van der Waals surface area contributed by atoms with Crippen molar-refractivity contribution in [2.24, 2.45) is 11.7 Å². The number of hydrogen-bond acceptors (Lipinski definition) is 4. The fourth-order valence-electron chi connectivity index (χ4n) is 2.48. The van der Waals surface area contributed by atoms with Crippen molar-refractivity contribution >= 4 is 0 Å². The molecule has 2 atom stereocenters. The van der Waals surface area contributed by atoms with Gasteiger partial charge in [0.05, 0.1) is 6.61 Å². The SMILES string of the molecule is CCC(N)C(CO)N1CCC(COC)CC1. The Balaban J connectivity index is 2.38. The molecule has 4 heteroatoms. The highest BCUT2D eigenvalue weighted by atomic mass is 16.5. The van der Waals surface area contributed by atoms with E-state index in [1.807, 2.05) is 0 Å². The summed E-state index contributed by atoms with van der Waals surface area (Å²) < 4.78 is 5.18. The first-order chi connectivity index (χ1) is 7.72. The molecule has 0 bridgehead atoms. The van der Waals surface area contributed by atoms with Crippen LogP contribution in [0.15, 0.2) is 0 Å². The second kappa shape index (κ2) is 7.22. The van der Waals surface area contributed by atoms with Crippen molar-refractivity contribution in [1.82, 2.24) is 4.90 Å². The summed E-state index contributed by atoms with van der Waals surface area (Å²) in [6.45, 7) is 5.17. The molecule has 0 aromatic rings. The highest BCUT2D eigenvalue weighted by molar-refractivity contribution is 4.84. The van der Waals surface area contributed by atoms with Gasteiger partial charge in [0.15, 0.2) is 0 Å². The maximum atomic E-state index is 9.40. The van der Waals surface area contributed by atoms with E-state index in [1.54, 1.807) is 7.11 Å². The van der Waals surface area contributed by atoms with Crippen LogP contribution in [-0.2, 0) is 4.74 Å². The Labute approximate surface area is 98.8 Å². The first-order valence-corrected chi connectivity index (χ1v) is 6.32. The number of likely N-dealkylation sites (tertiary alicyclic amines) is 1. The number of ether oxygens (including phenoxy) is 1. The molecule has 4 nitrogen and oxygen atoms in total. The van der Waals surface area contributed by atoms with Crippen LogP contribution in [0.1, 0.15) is 26.2 Å². The molecule has 0 radical (unpaired) electrons. The normalized spacial score (nSPS) is 23.2. The average molecular weight is 230 g/mol. The standard InChI is InChI=1S/C12H26N2O2/c1-3-11(13)12(8-15)14-6-4-10(5-7-14)9-16-2/h10-12,15H,3-9,13H2,1-2H3. The van der Waals surface area contributed by atoms with Gasteiger partial charge in [-0.3, -0.25) is 4.90 Å². The van der Waals surface area contributed by atoms with Crippen LogP contribution in [-0.4, -0.2) is 55.5 Å². The Morgan fingerprint density at radius 1 is 1.44 bits per heavy atom. The lowest BCUT2D eigenvalue weighted by atomic mass is 9.95. The highest BCUT2D eigenvalue weighted by Crippen LogP contribution is 2.20. The van der Waals surface area contributed by atoms with Gasteiger partial charge in [0, 0.05) is 25.8 Å². The molecule has 1 saturated heterocycles. The number of nitrogens with two attached hydrogens (primary N) is 1.